The summed E-state index contributed by atoms with van der Waals surface area (Å²) < 4.78 is 0. The summed E-state index contributed by atoms with van der Waals surface area (Å²) in [5.41, 5.74) is 0. The summed E-state index contributed by atoms with van der Waals surface area (Å²) in [5, 5.41) is 0. The zero-order valence-electron chi connectivity index (χ0n) is 11.4. The molecule has 0 unspecified atom stereocenters. The third kappa shape index (κ3) is 6550. The molecule has 0 aromatic heterocycles. The summed E-state index contributed by atoms with van der Waals surface area (Å²) >= 11 is 7.21. The lowest BCUT2D eigenvalue weighted by molar-refractivity contribution is 0.361. The molecule has 0 aliphatic rings. The van der Waals surface area contributed by atoms with Crippen molar-refractivity contribution in [3.63, 3.8) is 0 Å². The molecule has 0 spiro atoms. The molecule has 0 heterocycles. The zero-order valence-corrected chi connectivity index (χ0v) is 14.8. The molecular formula is C8H26O6P2S2. The van der Waals surface area contributed by atoms with Crippen LogP contribution in [0.3, 0.4) is 0 Å². The normalized spacial score (nSPS) is 8.61. The van der Waals surface area contributed by atoms with Crippen LogP contribution in [-0.2, 0) is 23.6 Å². The van der Waals surface area contributed by atoms with Gasteiger partial charge in [0.05, 0.1) is 0 Å². The van der Waals surface area contributed by atoms with E-state index in [1.807, 2.05) is 20.8 Å². The molecule has 0 aromatic carbocycles. The van der Waals surface area contributed by atoms with Gasteiger partial charge in [-0.15, -0.1) is 6.58 Å². The van der Waals surface area contributed by atoms with E-state index in [1.54, 1.807) is 6.08 Å². The van der Waals surface area contributed by atoms with Gasteiger partial charge in [-0.3, -0.25) is 0 Å². The highest BCUT2D eigenvalue weighted by Gasteiger charge is 1.92. The number of hydrogen-bond donors (Lipinski definition) is 6. The molecule has 6 nitrogen and oxygen atoms in total. The summed E-state index contributed by atoms with van der Waals surface area (Å²) in [6, 6.07) is 0. The molecule has 0 fully saturated rings. The molecular weight excluding hydrogens is 318 g/mol. The Bertz CT molecular complexity index is 189. The lowest BCUT2D eigenvalue weighted by atomic mass is 10.6. The van der Waals surface area contributed by atoms with Crippen molar-refractivity contribution in [2.24, 2.45) is 0 Å². The second kappa shape index (κ2) is 22.9. The van der Waals surface area contributed by atoms with E-state index in [4.69, 9.17) is 29.4 Å². The fraction of sp³-hybridized carbons (Fsp3) is 0.750. The Labute approximate surface area is 120 Å². The molecule has 0 radical (unpaired) electrons. The summed E-state index contributed by atoms with van der Waals surface area (Å²) in [6.45, 7) is 5.89. The van der Waals surface area contributed by atoms with Crippen molar-refractivity contribution in [1.82, 2.24) is 0 Å². The second-order valence-corrected chi connectivity index (χ2v) is 7.13. The minimum absolute atomic E-state index is 1.25. The van der Waals surface area contributed by atoms with Gasteiger partial charge in [0.15, 0.2) is 0 Å². The van der Waals surface area contributed by atoms with E-state index >= 15 is 0 Å². The molecule has 0 aliphatic heterocycles. The molecule has 6 N–H and O–H groups in total. The van der Waals surface area contributed by atoms with Crippen molar-refractivity contribution in [2.75, 3.05) is 0 Å². The van der Waals surface area contributed by atoms with Crippen LogP contribution in [0.4, 0.5) is 0 Å². The largest absolute Gasteiger partial charge is 0.325 e. The summed E-state index contributed by atoms with van der Waals surface area (Å²) in [4.78, 5) is 45.3. The summed E-state index contributed by atoms with van der Waals surface area (Å²) in [5.74, 6) is 0. The smallest absolute Gasteiger partial charge is 0.319 e. The molecule has 0 aromatic rings. The molecule has 0 saturated heterocycles. The van der Waals surface area contributed by atoms with E-state index in [0.717, 1.165) is 0 Å². The molecule has 0 amide bonds. The molecule has 0 aliphatic carbocycles. The summed E-state index contributed by atoms with van der Waals surface area (Å²) in [7, 11) is 0. The van der Waals surface area contributed by atoms with Gasteiger partial charge < -0.3 is 29.4 Å². The topological polar surface area (TPSA) is 121 Å². The van der Waals surface area contributed by atoms with E-state index in [2.05, 4.69) is 44.0 Å². The number of allylic oxidation sites excluding steroid dienone is 1. The standard InChI is InChI=1S/C3H8.C3H6.C2H6.2H3O3PS/c2*1-3-2;1-2;2*1-4(2,3)5/h3H2,1-2H3;3H,1H2,2H3;1-2H3;2*(H3,1,2,3,5). The van der Waals surface area contributed by atoms with Gasteiger partial charge in [-0.1, -0.05) is 40.2 Å². The van der Waals surface area contributed by atoms with Crippen LogP contribution in [0.5, 0.6) is 0 Å². The first-order valence-electron chi connectivity index (χ1n) is 4.96. The van der Waals surface area contributed by atoms with Crippen LogP contribution >= 0.6 is 13.4 Å². The molecule has 10 heteroatoms. The van der Waals surface area contributed by atoms with Gasteiger partial charge in [-0.25, -0.2) is 0 Å². The lowest BCUT2D eigenvalue weighted by Gasteiger charge is -1.88. The first-order chi connectivity index (χ1) is 7.83. The molecule has 116 valence electrons. The predicted molar refractivity (Wildman–Crippen MR) is 85.1 cm³/mol. The Kier molecular flexibility index (Phi) is 39.9. The van der Waals surface area contributed by atoms with E-state index in [9.17, 15) is 0 Å². The van der Waals surface area contributed by atoms with Crippen molar-refractivity contribution in [3.05, 3.63) is 12.7 Å². The van der Waals surface area contributed by atoms with Crippen molar-refractivity contribution in [3.8, 4) is 0 Å². The lowest BCUT2D eigenvalue weighted by Crippen LogP contribution is -1.65. The van der Waals surface area contributed by atoms with Crippen molar-refractivity contribution in [2.45, 2.75) is 41.0 Å². The van der Waals surface area contributed by atoms with Crippen molar-refractivity contribution in [1.29, 1.82) is 0 Å². The average molecular weight is 344 g/mol. The van der Waals surface area contributed by atoms with E-state index in [0.29, 0.717) is 0 Å². The van der Waals surface area contributed by atoms with Gasteiger partial charge in [0.1, 0.15) is 0 Å². The minimum Gasteiger partial charge on any atom is -0.325 e. The fourth-order valence-electron chi connectivity index (χ4n) is 0. The van der Waals surface area contributed by atoms with Gasteiger partial charge in [0, 0.05) is 0 Å². The Balaban J connectivity index is -0.0000000409. The molecule has 0 atom stereocenters. The Hall–Kier alpha value is 0.800. The van der Waals surface area contributed by atoms with Crippen molar-refractivity contribution < 1.29 is 29.4 Å². The highest BCUT2D eigenvalue weighted by Crippen LogP contribution is 2.26. The quantitative estimate of drug-likeness (QED) is 0.291. The highest BCUT2D eigenvalue weighted by molar-refractivity contribution is 8.06. The monoisotopic (exact) mass is 344 g/mol. The van der Waals surface area contributed by atoms with Gasteiger partial charge in [0.25, 0.3) is 0 Å². The Morgan fingerprint density at radius 3 is 0.889 bits per heavy atom. The van der Waals surface area contributed by atoms with Gasteiger partial charge in [-0.05, 0) is 30.5 Å². The second-order valence-electron chi connectivity index (χ2n) is 2.14. The Morgan fingerprint density at radius 1 is 0.889 bits per heavy atom. The van der Waals surface area contributed by atoms with Crippen LogP contribution in [-0.4, -0.2) is 29.4 Å². The van der Waals surface area contributed by atoms with Crippen LogP contribution < -0.4 is 0 Å². The molecule has 0 rings (SSSR count). The van der Waals surface area contributed by atoms with Gasteiger partial charge in [0.2, 0.25) is 0 Å². The summed E-state index contributed by atoms with van der Waals surface area (Å²) in [6.07, 6.45) is 3.00. The third-order valence-electron chi connectivity index (χ3n) is 0. The maximum absolute atomic E-state index is 7.56. The maximum Gasteiger partial charge on any atom is 0.319 e. The number of rotatable bonds is 0. The molecule has 0 bridgehead atoms. The van der Waals surface area contributed by atoms with Crippen LogP contribution in [0, 0.1) is 0 Å². The maximum atomic E-state index is 7.56. The molecule has 0 saturated carbocycles. The average Bonchev–Trinajstić information content (AvgIpc) is 2.03. The first kappa shape index (κ1) is 31.3. The highest BCUT2D eigenvalue weighted by atomic mass is 32.5. The number of hydrogen-bond acceptors (Lipinski definition) is 2. The zero-order chi connectivity index (χ0) is 16.4. The van der Waals surface area contributed by atoms with Crippen LogP contribution in [0.1, 0.15) is 41.0 Å². The third-order valence-corrected chi connectivity index (χ3v) is 0. The van der Waals surface area contributed by atoms with E-state index in [-0.39, 0.29) is 0 Å². The fourth-order valence-corrected chi connectivity index (χ4v) is 0. The first-order valence-corrected chi connectivity index (χ1v) is 10.3. The Morgan fingerprint density at radius 2 is 0.889 bits per heavy atom. The van der Waals surface area contributed by atoms with Gasteiger partial charge >= 0.3 is 13.4 Å². The predicted octanol–water partition coefficient (Wildman–Crippen LogP) is 2.01. The van der Waals surface area contributed by atoms with Crippen LogP contribution in [0.15, 0.2) is 12.7 Å². The minimum atomic E-state index is -3.81. The molecule has 18 heavy (non-hydrogen) atoms. The van der Waals surface area contributed by atoms with Gasteiger partial charge in [-0.2, -0.15) is 0 Å². The van der Waals surface area contributed by atoms with E-state index in [1.165, 1.54) is 6.42 Å². The van der Waals surface area contributed by atoms with E-state index < -0.39 is 13.4 Å². The van der Waals surface area contributed by atoms with Crippen LogP contribution in [0.25, 0.3) is 0 Å². The van der Waals surface area contributed by atoms with Crippen molar-refractivity contribution >= 4 is 37.1 Å². The van der Waals surface area contributed by atoms with Crippen LogP contribution in [0.2, 0.25) is 0 Å². The SMILES string of the molecule is C=CC.CC.CCC.OP(O)(O)=S.OP(O)(O)=S.